The Balaban J connectivity index is 2.44. The molecule has 1 heterocycles. The van der Waals surface area contributed by atoms with Gasteiger partial charge >= 0.3 is 12.4 Å². The zero-order valence-electron chi connectivity index (χ0n) is 11.6. The summed E-state index contributed by atoms with van der Waals surface area (Å²) in [5.74, 6) is -3.55. The maximum Gasteiger partial charge on any atom is 0.404 e. The predicted octanol–water partition coefficient (Wildman–Crippen LogP) is 4.17. The van der Waals surface area contributed by atoms with Crippen molar-refractivity contribution in [3.05, 3.63) is 41.6 Å². The van der Waals surface area contributed by atoms with Crippen LogP contribution >= 0.6 is 0 Å². The van der Waals surface area contributed by atoms with Crippen LogP contribution < -0.4 is 0 Å². The Labute approximate surface area is 126 Å². The van der Waals surface area contributed by atoms with Gasteiger partial charge in [0, 0.05) is 18.8 Å². The molecule has 0 saturated carbocycles. The maximum absolute atomic E-state index is 12.7. The van der Waals surface area contributed by atoms with Crippen molar-refractivity contribution in [2.75, 3.05) is 0 Å². The van der Waals surface area contributed by atoms with E-state index >= 15 is 0 Å². The van der Waals surface area contributed by atoms with Gasteiger partial charge in [0.1, 0.15) is 11.8 Å². The molecule has 2 aromatic rings. The highest BCUT2D eigenvalue weighted by Crippen LogP contribution is 2.46. The van der Waals surface area contributed by atoms with E-state index in [1.807, 2.05) is 6.07 Å². The van der Waals surface area contributed by atoms with Crippen molar-refractivity contribution in [3.8, 4) is 17.3 Å². The summed E-state index contributed by atoms with van der Waals surface area (Å²) in [5, 5.41) is 12.9. The van der Waals surface area contributed by atoms with Crippen LogP contribution in [-0.2, 0) is 7.05 Å². The minimum atomic E-state index is -5.44. The van der Waals surface area contributed by atoms with Crippen molar-refractivity contribution in [2.24, 2.45) is 7.05 Å². The first-order chi connectivity index (χ1) is 10.5. The number of alkyl halides is 6. The molecule has 0 radical (unpaired) electrons. The summed E-state index contributed by atoms with van der Waals surface area (Å²) in [6.45, 7) is 0. The summed E-state index contributed by atoms with van der Waals surface area (Å²) in [5.41, 5.74) is -0.294. The first kappa shape index (κ1) is 16.9. The molecule has 9 heteroatoms. The number of hydrogen-bond acceptors (Lipinski definition) is 2. The molecule has 0 saturated heterocycles. The van der Waals surface area contributed by atoms with Gasteiger partial charge in [0.15, 0.2) is 5.92 Å². The molecular weight excluding hydrogens is 324 g/mol. The van der Waals surface area contributed by atoms with E-state index in [0.717, 1.165) is 24.3 Å². The SMILES string of the molecule is Cn1cc(C#N)c(-c2ccc(C(C(F)(F)F)C(F)(F)F)cc2)n1. The standard InChI is InChI=1S/C14H9F6N3/c1-23-7-10(6-21)11(22-23)8-2-4-9(5-3-8)12(13(15,16)17)14(18,19)20/h2-5,7,12H,1H3. The lowest BCUT2D eigenvalue weighted by Gasteiger charge is -2.23. The Hall–Kier alpha value is -2.50. The summed E-state index contributed by atoms with van der Waals surface area (Å²) in [6.07, 6.45) is -9.48. The van der Waals surface area contributed by atoms with Crippen LogP contribution in [0.1, 0.15) is 17.0 Å². The lowest BCUT2D eigenvalue weighted by Crippen LogP contribution is -2.34. The molecular formula is C14H9F6N3. The van der Waals surface area contributed by atoms with Crippen LogP contribution in [0.25, 0.3) is 11.3 Å². The van der Waals surface area contributed by atoms with E-state index in [1.54, 1.807) is 7.05 Å². The second kappa shape index (κ2) is 5.61. The van der Waals surface area contributed by atoms with Gasteiger partial charge in [0.2, 0.25) is 0 Å². The number of rotatable bonds is 2. The zero-order valence-corrected chi connectivity index (χ0v) is 11.6. The molecule has 0 fully saturated rings. The molecule has 0 N–H and O–H groups in total. The summed E-state index contributed by atoms with van der Waals surface area (Å²) >= 11 is 0. The highest BCUT2D eigenvalue weighted by atomic mass is 19.4. The summed E-state index contributed by atoms with van der Waals surface area (Å²) in [6, 6.07) is 5.52. The first-order valence-corrected chi connectivity index (χ1v) is 6.21. The van der Waals surface area contributed by atoms with Crippen molar-refractivity contribution < 1.29 is 26.3 Å². The van der Waals surface area contributed by atoms with Crippen LogP contribution in [0.4, 0.5) is 26.3 Å². The fourth-order valence-corrected chi connectivity index (χ4v) is 2.18. The third-order valence-corrected chi connectivity index (χ3v) is 3.12. The number of benzene rings is 1. The smallest absolute Gasteiger partial charge is 0.274 e. The normalized spacial score (nSPS) is 12.5. The number of nitrogens with zero attached hydrogens (tertiary/aromatic N) is 3. The lowest BCUT2D eigenvalue weighted by molar-refractivity contribution is -0.253. The molecule has 23 heavy (non-hydrogen) atoms. The minimum absolute atomic E-state index is 0.170. The molecule has 0 bridgehead atoms. The highest BCUT2D eigenvalue weighted by Gasteiger charge is 2.57. The van der Waals surface area contributed by atoms with Crippen LogP contribution in [-0.4, -0.2) is 22.1 Å². The molecule has 1 aromatic heterocycles. The average Bonchev–Trinajstić information content (AvgIpc) is 2.77. The van der Waals surface area contributed by atoms with E-state index in [1.165, 1.54) is 10.9 Å². The lowest BCUT2D eigenvalue weighted by atomic mass is 9.96. The Bertz CT molecular complexity index is 720. The number of hydrogen-bond donors (Lipinski definition) is 0. The largest absolute Gasteiger partial charge is 0.404 e. The average molecular weight is 333 g/mol. The second-order valence-corrected chi connectivity index (χ2v) is 4.82. The van der Waals surface area contributed by atoms with Gasteiger partial charge in [0.05, 0.1) is 5.56 Å². The van der Waals surface area contributed by atoms with Crippen LogP contribution in [0, 0.1) is 11.3 Å². The van der Waals surface area contributed by atoms with Crippen LogP contribution in [0.15, 0.2) is 30.5 Å². The third kappa shape index (κ3) is 3.47. The fraction of sp³-hybridized carbons (Fsp3) is 0.286. The van der Waals surface area contributed by atoms with Gasteiger partial charge in [-0.05, 0) is 5.56 Å². The molecule has 0 amide bonds. The predicted molar refractivity (Wildman–Crippen MR) is 68.2 cm³/mol. The number of aryl methyl sites for hydroxylation is 1. The summed E-state index contributed by atoms with van der Waals surface area (Å²) < 4.78 is 77.3. The molecule has 0 aliphatic rings. The first-order valence-electron chi connectivity index (χ1n) is 6.21. The highest BCUT2D eigenvalue weighted by molar-refractivity contribution is 5.66. The van der Waals surface area contributed by atoms with Gasteiger partial charge < -0.3 is 0 Å². The van der Waals surface area contributed by atoms with Gasteiger partial charge in [-0.2, -0.15) is 36.7 Å². The van der Waals surface area contributed by atoms with Crippen molar-refractivity contribution in [1.82, 2.24) is 9.78 Å². The molecule has 0 aliphatic carbocycles. The van der Waals surface area contributed by atoms with E-state index in [2.05, 4.69) is 5.10 Å². The van der Waals surface area contributed by atoms with Crippen LogP contribution in [0.3, 0.4) is 0 Å². The third-order valence-electron chi connectivity index (χ3n) is 3.12. The molecule has 0 atom stereocenters. The van der Waals surface area contributed by atoms with Crippen molar-refractivity contribution in [2.45, 2.75) is 18.3 Å². The minimum Gasteiger partial charge on any atom is -0.274 e. The maximum atomic E-state index is 12.7. The molecule has 2 rings (SSSR count). The second-order valence-electron chi connectivity index (χ2n) is 4.82. The molecule has 1 aromatic carbocycles. The van der Waals surface area contributed by atoms with Crippen molar-refractivity contribution in [1.29, 1.82) is 5.26 Å². The number of nitriles is 1. The van der Waals surface area contributed by atoms with E-state index in [0.29, 0.717) is 0 Å². The Morgan fingerprint density at radius 3 is 2.00 bits per heavy atom. The summed E-state index contributed by atoms with van der Waals surface area (Å²) in [7, 11) is 1.54. The fourth-order valence-electron chi connectivity index (χ4n) is 2.18. The van der Waals surface area contributed by atoms with Gasteiger partial charge in [-0.25, -0.2) is 0 Å². The van der Waals surface area contributed by atoms with Gasteiger partial charge in [0.25, 0.3) is 0 Å². The van der Waals surface area contributed by atoms with Crippen molar-refractivity contribution >= 4 is 0 Å². The molecule has 0 unspecified atom stereocenters. The number of halogens is 6. The molecule has 3 nitrogen and oxygen atoms in total. The Morgan fingerprint density at radius 2 is 1.57 bits per heavy atom. The Morgan fingerprint density at radius 1 is 1.04 bits per heavy atom. The Kier molecular flexibility index (Phi) is 4.11. The van der Waals surface area contributed by atoms with E-state index < -0.39 is 23.8 Å². The van der Waals surface area contributed by atoms with E-state index in [4.69, 9.17) is 5.26 Å². The van der Waals surface area contributed by atoms with Gasteiger partial charge in [-0.3, -0.25) is 4.68 Å². The molecule has 122 valence electrons. The van der Waals surface area contributed by atoms with Gasteiger partial charge in [-0.15, -0.1) is 0 Å². The zero-order chi connectivity index (χ0) is 17.4. The van der Waals surface area contributed by atoms with E-state index in [9.17, 15) is 26.3 Å². The molecule has 0 spiro atoms. The monoisotopic (exact) mass is 333 g/mol. The topological polar surface area (TPSA) is 41.6 Å². The quantitative estimate of drug-likeness (QED) is 0.774. The van der Waals surface area contributed by atoms with Crippen molar-refractivity contribution in [3.63, 3.8) is 0 Å². The number of aromatic nitrogens is 2. The van der Waals surface area contributed by atoms with Crippen LogP contribution in [0.2, 0.25) is 0 Å². The van der Waals surface area contributed by atoms with E-state index in [-0.39, 0.29) is 16.8 Å². The van der Waals surface area contributed by atoms with Crippen LogP contribution in [0.5, 0.6) is 0 Å². The van der Waals surface area contributed by atoms with Gasteiger partial charge in [-0.1, -0.05) is 24.3 Å². The molecule has 0 aliphatic heterocycles. The summed E-state index contributed by atoms with van der Waals surface area (Å²) in [4.78, 5) is 0.